The molecule has 13 heteroatoms. The van der Waals surface area contributed by atoms with E-state index in [1.807, 2.05) is 0 Å². The van der Waals surface area contributed by atoms with E-state index in [1.54, 1.807) is 0 Å². The molecule has 0 heterocycles. The minimum absolute atomic E-state index is 0. The number of aliphatic carboxylic acids is 5. The van der Waals surface area contributed by atoms with E-state index >= 15 is 0 Å². The van der Waals surface area contributed by atoms with Gasteiger partial charge in [0.15, 0.2) is 5.60 Å². The number of carboxylic acid groups (broad SMARTS) is 5. The van der Waals surface area contributed by atoms with Crippen molar-refractivity contribution >= 4 is 29.8 Å². The van der Waals surface area contributed by atoms with Gasteiger partial charge in [-0.1, -0.05) is 0 Å². The minimum atomic E-state index is -2.80. The van der Waals surface area contributed by atoms with E-state index in [0.717, 1.165) is 0 Å². The van der Waals surface area contributed by atoms with Gasteiger partial charge in [0.05, 0.1) is 6.42 Å². The Morgan fingerprint density at radius 2 is 1.22 bits per heavy atom. The summed E-state index contributed by atoms with van der Waals surface area (Å²) in [5.41, 5.74) is -2.80. The number of hydrogen-bond acceptors (Lipinski definition) is 7. The van der Waals surface area contributed by atoms with Crippen LogP contribution in [0.25, 0.3) is 0 Å². The summed E-state index contributed by atoms with van der Waals surface area (Å²) < 4.78 is 0. The first-order chi connectivity index (χ1) is 9.40. The second-order valence-electron chi connectivity index (χ2n) is 3.47. The first-order valence-electron chi connectivity index (χ1n) is 4.92. The molecule has 0 aromatic rings. The average molecular weight is 381 g/mol. The van der Waals surface area contributed by atoms with E-state index in [2.05, 4.69) is 0 Å². The Hall–Kier alpha value is -2.47. The third kappa shape index (κ3) is 17.5. The Morgan fingerprint density at radius 1 is 0.870 bits per heavy atom. The summed E-state index contributed by atoms with van der Waals surface area (Å²) >= 11 is 0. The standard InChI is InChI=1S/C6H8O7.C4H4O4.Fe.H3N/c7-3(8)1-6(13,5(11)12)2-4(9)10;5-3(6)1-2-4(7)8;;/h13H,1-2H2,(H,7,8)(H,9,10)(H,11,12);1-2H,(H,5,6)(H,7,8);;1H3/b;2-1+;;. The van der Waals surface area contributed by atoms with Crippen LogP contribution in [-0.2, 0) is 41.0 Å². The van der Waals surface area contributed by atoms with Crippen LogP contribution in [0.15, 0.2) is 12.2 Å². The van der Waals surface area contributed by atoms with Crippen molar-refractivity contribution in [3.8, 4) is 0 Å². The van der Waals surface area contributed by atoms with Crippen LogP contribution in [0.1, 0.15) is 12.8 Å². The molecule has 9 N–H and O–H groups in total. The van der Waals surface area contributed by atoms with Crippen LogP contribution in [-0.4, -0.2) is 61.0 Å². The molecule has 0 aliphatic carbocycles. The van der Waals surface area contributed by atoms with Crippen molar-refractivity contribution in [3.63, 3.8) is 0 Å². The zero-order valence-electron chi connectivity index (χ0n) is 11.6. The van der Waals surface area contributed by atoms with Gasteiger partial charge < -0.3 is 41.6 Å². The van der Waals surface area contributed by atoms with Crippen molar-refractivity contribution in [3.05, 3.63) is 12.2 Å². The Balaban J connectivity index is -0.000000158. The number of carbonyl (C=O) groups is 5. The molecule has 0 amide bonds. The van der Waals surface area contributed by atoms with Crippen LogP contribution in [0, 0.1) is 0 Å². The fourth-order valence-corrected chi connectivity index (χ4v) is 0.845. The summed E-state index contributed by atoms with van der Waals surface area (Å²) in [4.78, 5) is 49.4. The molecule has 1 unspecified atom stereocenters. The number of carboxylic acids is 5. The summed E-state index contributed by atoms with van der Waals surface area (Å²) in [5.74, 6) is -7.85. The van der Waals surface area contributed by atoms with Crippen LogP contribution in [0.5, 0.6) is 0 Å². The summed E-state index contributed by atoms with van der Waals surface area (Å²) in [6, 6.07) is 0. The van der Waals surface area contributed by atoms with Crippen molar-refractivity contribution < 1.29 is 71.7 Å². The Kier molecular flexibility index (Phi) is 16.5. The summed E-state index contributed by atoms with van der Waals surface area (Å²) in [7, 11) is 0. The monoisotopic (exact) mass is 381 g/mol. The van der Waals surface area contributed by atoms with Crippen LogP contribution < -0.4 is 11.3 Å². The Bertz CT molecular complexity index is 441. The van der Waals surface area contributed by atoms with Crippen LogP contribution in [0.3, 0.4) is 0 Å². The number of quaternary nitrogens is 1. The van der Waals surface area contributed by atoms with Gasteiger partial charge in [-0.2, -0.15) is 0 Å². The molecular formula is C10H15FeNO11. The van der Waals surface area contributed by atoms with E-state index in [-0.39, 0.29) is 23.2 Å². The first kappa shape index (κ1) is 28.7. The molecule has 0 aliphatic rings. The molecule has 0 radical (unpaired) electrons. The van der Waals surface area contributed by atoms with E-state index in [0.29, 0.717) is 12.2 Å². The third-order valence-corrected chi connectivity index (χ3v) is 1.65. The predicted molar refractivity (Wildman–Crippen MR) is 64.9 cm³/mol. The largest absolute Gasteiger partial charge is 0.550 e. The first-order valence-corrected chi connectivity index (χ1v) is 4.92. The fraction of sp³-hybridized carbons (Fsp3) is 0.300. The minimum Gasteiger partial charge on any atom is -0.550 e. The van der Waals surface area contributed by atoms with Gasteiger partial charge in [-0.3, -0.25) is 4.79 Å². The van der Waals surface area contributed by atoms with E-state index < -0.39 is 48.3 Å². The van der Waals surface area contributed by atoms with Gasteiger partial charge in [0.25, 0.3) is 0 Å². The van der Waals surface area contributed by atoms with Crippen LogP contribution in [0.4, 0.5) is 0 Å². The fourth-order valence-electron chi connectivity index (χ4n) is 0.845. The van der Waals surface area contributed by atoms with E-state index in [1.165, 1.54) is 0 Å². The topological polar surface area (TPSA) is 246 Å². The van der Waals surface area contributed by atoms with Crippen LogP contribution in [0.2, 0.25) is 0 Å². The van der Waals surface area contributed by atoms with Gasteiger partial charge >= 0.3 is 23.9 Å². The zero-order chi connectivity index (χ0) is 17.2. The number of rotatable bonds is 7. The van der Waals surface area contributed by atoms with E-state index in [9.17, 15) is 29.1 Å². The molecular weight excluding hydrogens is 366 g/mol. The number of carbonyl (C=O) groups excluding carboxylic acids is 1. The van der Waals surface area contributed by atoms with Gasteiger partial charge in [-0.25, -0.2) is 14.4 Å². The van der Waals surface area contributed by atoms with Gasteiger partial charge in [0, 0.05) is 41.6 Å². The predicted octanol–water partition coefficient (Wildman–Crippen LogP) is -2.50. The van der Waals surface area contributed by atoms with Crippen molar-refractivity contribution in [1.82, 2.24) is 6.15 Å². The molecule has 0 aromatic heterocycles. The smallest absolute Gasteiger partial charge is 0.336 e. The molecule has 12 nitrogen and oxygen atoms in total. The summed E-state index contributed by atoms with van der Waals surface area (Å²) in [6.45, 7) is 0. The second-order valence-corrected chi connectivity index (χ2v) is 3.47. The molecule has 0 rings (SSSR count). The van der Waals surface area contributed by atoms with Gasteiger partial charge in [0.2, 0.25) is 0 Å². The third-order valence-electron chi connectivity index (χ3n) is 1.65. The molecule has 0 fully saturated rings. The van der Waals surface area contributed by atoms with Gasteiger partial charge in [0.1, 0.15) is 0 Å². The molecule has 0 spiro atoms. The molecule has 1 atom stereocenters. The van der Waals surface area contributed by atoms with E-state index in [4.69, 9.17) is 25.5 Å². The van der Waals surface area contributed by atoms with Gasteiger partial charge in [-0.15, -0.1) is 0 Å². The van der Waals surface area contributed by atoms with Crippen molar-refractivity contribution in [1.29, 1.82) is 0 Å². The maximum atomic E-state index is 10.3. The van der Waals surface area contributed by atoms with Crippen LogP contribution >= 0.6 is 0 Å². The van der Waals surface area contributed by atoms with Crippen molar-refractivity contribution in [2.24, 2.45) is 0 Å². The van der Waals surface area contributed by atoms with Crippen molar-refractivity contribution in [2.75, 3.05) is 0 Å². The normalized spacial score (nSPS) is 11.5. The maximum absolute atomic E-state index is 10.3. The summed E-state index contributed by atoms with van der Waals surface area (Å²) in [6.07, 6.45) is -1.32. The maximum Gasteiger partial charge on any atom is 0.336 e. The number of hydrogen-bond donors (Lipinski definition) is 6. The SMILES string of the molecule is O=C(O)/C=C/C(=O)O.O=C([O-])CC(O)(CC(=O)O)C(=O)O.[Fe].[NH4+]. The summed E-state index contributed by atoms with van der Waals surface area (Å²) in [5, 5.41) is 51.1. The quantitative estimate of drug-likeness (QED) is 0.199. The molecule has 0 aromatic carbocycles. The molecule has 0 saturated carbocycles. The molecule has 23 heavy (non-hydrogen) atoms. The average Bonchev–Trinajstić information content (AvgIpc) is 2.24. The molecule has 0 saturated heterocycles. The Morgan fingerprint density at radius 3 is 1.39 bits per heavy atom. The molecule has 0 aliphatic heterocycles. The second kappa shape index (κ2) is 13.2. The number of aliphatic hydroxyl groups is 1. The Labute approximate surface area is 139 Å². The van der Waals surface area contributed by atoms with Gasteiger partial charge in [-0.05, 0) is 0 Å². The van der Waals surface area contributed by atoms with Crippen molar-refractivity contribution in [2.45, 2.75) is 18.4 Å². The molecule has 0 bridgehead atoms. The molecule has 134 valence electrons. The zero-order valence-corrected chi connectivity index (χ0v) is 12.7.